The van der Waals surface area contributed by atoms with Crippen molar-refractivity contribution < 1.29 is 19.5 Å². The van der Waals surface area contributed by atoms with Gasteiger partial charge in [0.2, 0.25) is 0 Å². The number of aromatic carboxylic acids is 1. The van der Waals surface area contributed by atoms with E-state index in [1.807, 2.05) is 12.1 Å². The third kappa shape index (κ3) is 4.13. The summed E-state index contributed by atoms with van der Waals surface area (Å²) >= 11 is 0. The first-order valence-corrected chi connectivity index (χ1v) is 7.38. The molecule has 0 aromatic heterocycles. The summed E-state index contributed by atoms with van der Waals surface area (Å²) in [5, 5.41) is 8.94. The van der Waals surface area contributed by atoms with Crippen molar-refractivity contribution in [3.63, 3.8) is 0 Å². The first-order valence-electron chi connectivity index (χ1n) is 7.38. The van der Waals surface area contributed by atoms with Crippen molar-refractivity contribution in [2.24, 2.45) is 0 Å². The zero-order chi connectivity index (χ0) is 17.0. The number of Topliss-reactive ketones (excluding diaryl/α,β-unsaturated/α-hetero) is 2. The Balaban J connectivity index is 2.11. The number of carbonyl (C=O) groups is 3. The Kier molecular flexibility index (Phi) is 5.06. The lowest BCUT2D eigenvalue weighted by atomic mass is 9.97. The first kappa shape index (κ1) is 16.6. The smallest absolute Gasteiger partial charge is 0.335 e. The molecule has 4 nitrogen and oxygen atoms in total. The SMILES string of the molecule is CC(C)c1ccc(C(=O)CC(=O)c2cccc(C(=O)O)c2)cc1. The lowest BCUT2D eigenvalue weighted by molar-refractivity contribution is 0.0696. The number of rotatable bonds is 6. The van der Waals surface area contributed by atoms with Crippen LogP contribution in [0.5, 0.6) is 0 Å². The maximum atomic E-state index is 12.2. The van der Waals surface area contributed by atoms with Crippen LogP contribution in [0.4, 0.5) is 0 Å². The average molecular weight is 310 g/mol. The summed E-state index contributed by atoms with van der Waals surface area (Å²) in [6, 6.07) is 12.9. The maximum Gasteiger partial charge on any atom is 0.335 e. The minimum Gasteiger partial charge on any atom is -0.478 e. The Hall–Kier alpha value is -2.75. The minimum absolute atomic E-state index is 0.0320. The average Bonchev–Trinajstić information content (AvgIpc) is 2.54. The van der Waals surface area contributed by atoms with E-state index in [4.69, 9.17) is 5.11 Å². The van der Waals surface area contributed by atoms with Gasteiger partial charge in [-0.05, 0) is 23.6 Å². The molecule has 0 fully saturated rings. The number of hydrogen-bond donors (Lipinski definition) is 1. The molecule has 4 heteroatoms. The van der Waals surface area contributed by atoms with Crippen molar-refractivity contribution in [1.29, 1.82) is 0 Å². The molecule has 0 radical (unpaired) electrons. The van der Waals surface area contributed by atoms with E-state index < -0.39 is 5.97 Å². The topological polar surface area (TPSA) is 71.4 Å². The molecule has 118 valence electrons. The molecule has 2 aromatic rings. The Morgan fingerprint density at radius 2 is 1.43 bits per heavy atom. The van der Waals surface area contributed by atoms with Crippen LogP contribution in [0, 0.1) is 0 Å². The van der Waals surface area contributed by atoms with Gasteiger partial charge in [-0.3, -0.25) is 9.59 Å². The molecule has 2 aromatic carbocycles. The summed E-state index contributed by atoms with van der Waals surface area (Å²) in [6.07, 6.45) is -0.274. The van der Waals surface area contributed by atoms with E-state index >= 15 is 0 Å². The van der Waals surface area contributed by atoms with Crippen LogP contribution in [-0.2, 0) is 0 Å². The molecule has 0 aliphatic carbocycles. The summed E-state index contributed by atoms with van der Waals surface area (Å²) in [5.41, 5.74) is 1.88. The van der Waals surface area contributed by atoms with Gasteiger partial charge in [-0.1, -0.05) is 50.2 Å². The highest BCUT2D eigenvalue weighted by Crippen LogP contribution is 2.16. The molecule has 2 rings (SSSR count). The minimum atomic E-state index is -1.10. The third-order valence-corrected chi connectivity index (χ3v) is 3.65. The molecule has 0 amide bonds. The van der Waals surface area contributed by atoms with Crippen LogP contribution in [-0.4, -0.2) is 22.6 Å². The summed E-state index contributed by atoms with van der Waals surface area (Å²) in [5.74, 6) is -1.38. The molecule has 0 aliphatic heterocycles. The van der Waals surface area contributed by atoms with Crippen molar-refractivity contribution >= 4 is 17.5 Å². The summed E-state index contributed by atoms with van der Waals surface area (Å²) in [6.45, 7) is 4.13. The highest BCUT2D eigenvalue weighted by atomic mass is 16.4. The number of ketones is 2. The molecule has 0 saturated heterocycles. The molecule has 0 spiro atoms. The van der Waals surface area contributed by atoms with Gasteiger partial charge in [0.1, 0.15) is 0 Å². The second-order valence-electron chi connectivity index (χ2n) is 5.69. The fourth-order valence-corrected chi connectivity index (χ4v) is 2.23. The largest absolute Gasteiger partial charge is 0.478 e. The number of hydrogen-bond acceptors (Lipinski definition) is 3. The highest BCUT2D eigenvalue weighted by Gasteiger charge is 2.15. The van der Waals surface area contributed by atoms with Gasteiger partial charge in [0.25, 0.3) is 0 Å². The van der Waals surface area contributed by atoms with E-state index in [2.05, 4.69) is 13.8 Å². The summed E-state index contributed by atoms with van der Waals surface area (Å²) in [4.78, 5) is 35.3. The van der Waals surface area contributed by atoms with Crippen LogP contribution in [0.3, 0.4) is 0 Å². The van der Waals surface area contributed by atoms with E-state index in [9.17, 15) is 14.4 Å². The lowest BCUT2D eigenvalue weighted by Crippen LogP contribution is -2.09. The number of carboxylic acids is 1. The van der Waals surface area contributed by atoms with Gasteiger partial charge in [0.05, 0.1) is 12.0 Å². The second-order valence-corrected chi connectivity index (χ2v) is 5.69. The predicted octanol–water partition coefficient (Wildman–Crippen LogP) is 3.96. The summed E-state index contributed by atoms with van der Waals surface area (Å²) < 4.78 is 0. The zero-order valence-corrected chi connectivity index (χ0v) is 13.1. The Morgan fingerprint density at radius 3 is 2.00 bits per heavy atom. The highest BCUT2D eigenvalue weighted by molar-refractivity contribution is 6.13. The molecule has 0 bridgehead atoms. The van der Waals surface area contributed by atoms with Crippen molar-refractivity contribution in [2.45, 2.75) is 26.2 Å². The van der Waals surface area contributed by atoms with Gasteiger partial charge in [-0.25, -0.2) is 4.79 Å². The van der Waals surface area contributed by atoms with E-state index in [-0.39, 0.29) is 29.1 Å². The molecule has 0 atom stereocenters. The van der Waals surface area contributed by atoms with Gasteiger partial charge in [0, 0.05) is 11.1 Å². The van der Waals surface area contributed by atoms with Crippen LogP contribution in [0.1, 0.15) is 62.8 Å². The summed E-state index contributed by atoms with van der Waals surface area (Å²) in [7, 11) is 0. The molecular formula is C19H18O4. The normalized spacial score (nSPS) is 10.6. The molecule has 23 heavy (non-hydrogen) atoms. The Labute approximate surface area is 134 Å². The van der Waals surface area contributed by atoms with E-state index in [1.54, 1.807) is 12.1 Å². The fraction of sp³-hybridized carbons (Fsp3) is 0.211. The van der Waals surface area contributed by atoms with E-state index in [0.29, 0.717) is 11.5 Å². The van der Waals surface area contributed by atoms with Crippen LogP contribution >= 0.6 is 0 Å². The lowest BCUT2D eigenvalue weighted by Gasteiger charge is -2.06. The molecule has 0 unspecified atom stereocenters. The van der Waals surface area contributed by atoms with Crippen LogP contribution < -0.4 is 0 Å². The van der Waals surface area contributed by atoms with Gasteiger partial charge in [-0.2, -0.15) is 0 Å². The standard InChI is InChI=1S/C19H18O4/c1-12(2)13-6-8-14(9-7-13)17(20)11-18(21)15-4-3-5-16(10-15)19(22)23/h3-10,12H,11H2,1-2H3,(H,22,23). The van der Waals surface area contributed by atoms with Crippen LogP contribution in [0.2, 0.25) is 0 Å². The van der Waals surface area contributed by atoms with Crippen molar-refractivity contribution in [3.05, 3.63) is 70.8 Å². The third-order valence-electron chi connectivity index (χ3n) is 3.65. The van der Waals surface area contributed by atoms with Crippen molar-refractivity contribution in [1.82, 2.24) is 0 Å². The van der Waals surface area contributed by atoms with Gasteiger partial charge in [0.15, 0.2) is 11.6 Å². The molecular weight excluding hydrogens is 292 g/mol. The number of carboxylic acid groups (broad SMARTS) is 1. The second kappa shape index (κ2) is 7.01. The van der Waals surface area contributed by atoms with Gasteiger partial charge in [-0.15, -0.1) is 0 Å². The van der Waals surface area contributed by atoms with Crippen molar-refractivity contribution in [3.8, 4) is 0 Å². The number of carbonyl (C=O) groups excluding carboxylic acids is 2. The monoisotopic (exact) mass is 310 g/mol. The van der Waals surface area contributed by atoms with Gasteiger partial charge < -0.3 is 5.11 Å². The van der Waals surface area contributed by atoms with Crippen molar-refractivity contribution in [2.75, 3.05) is 0 Å². The number of benzene rings is 2. The zero-order valence-electron chi connectivity index (χ0n) is 13.1. The van der Waals surface area contributed by atoms with Crippen LogP contribution in [0.25, 0.3) is 0 Å². The molecule has 1 N–H and O–H groups in total. The first-order chi connectivity index (χ1) is 10.9. The Morgan fingerprint density at radius 1 is 0.870 bits per heavy atom. The van der Waals surface area contributed by atoms with E-state index in [1.165, 1.54) is 24.3 Å². The maximum absolute atomic E-state index is 12.2. The van der Waals surface area contributed by atoms with E-state index in [0.717, 1.165) is 5.56 Å². The quantitative estimate of drug-likeness (QED) is 0.647. The molecule has 0 saturated carbocycles. The van der Waals surface area contributed by atoms with Crippen LogP contribution in [0.15, 0.2) is 48.5 Å². The fourth-order valence-electron chi connectivity index (χ4n) is 2.23. The Bertz CT molecular complexity index is 742. The predicted molar refractivity (Wildman–Crippen MR) is 87.2 cm³/mol. The van der Waals surface area contributed by atoms with Gasteiger partial charge >= 0.3 is 5.97 Å². The molecule has 0 aliphatic rings. The molecule has 0 heterocycles.